The topological polar surface area (TPSA) is 82.6 Å². The summed E-state index contributed by atoms with van der Waals surface area (Å²) in [6.07, 6.45) is 5.46. The fourth-order valence-corrected chi connectivity index (χ4v) is 4.17. The van der Waals surface area contributed by atoms with Crippen molar-refractivity contribution in [3.05, 3.63) is 66.0 Å². The molecular formula is C22H24N4O3. The Labute approximate surface area is 169 Å². The SMILES string of the molecule is O=C(CCc1ccncc1)N1CCC2(CC1)C(=O)NC(=O)N2Cc1ccccc1. The van der Waals surface area contributed by atoms with Crippen LogP contribution >= 0.6 is 0 Å². The minimum Gasteiger partial charge on any atom is -0.342 e. The second kappa shape index (κ2) is 8.03. The summed E-state index contributed by atoms with van der Waals surface area (Å²) >= 11 is 0. The molecule has 4 rings (SSSR count). The molecule has 0 radical (unpaired) electrons. The molecule has 1 N–H and O–H groups in total. The van der Waals surface area contributed by atoms with Gasteiger partial charge in [-0.1, -0.05) is 30.3 Å². The molecule has 3 heterocycles. The molecule has 2 saturated heterocycles. The van der Waals surface area contributed by atoms with Crippen LogP contribution in [0.15, 0.2) is 54.9 Å². The maximum Gasteiger partial charge on any atom is 0.325 e. The number of hydrogen-bond acceptors (Lipinski definition) is 4. The van der Waals surface area contributed by atoms with Gasteiger partial charge in [0, 0.05) is 38.4 Å². The highest BCUT2D eigenvalue weighted by molar-refractivity contribution is 6.07. The van der Waals surface area contributed by atoms with Gasteiger partial charge in [0.15, 0.2) is 0 Å². The highest BCUT2D eigenvalue weighted by atomic mass is 16.2. The molecule has 4 amide bonds. The fourth-order valence-electron chi connectivity index (χ4n) is 4.17. The van der Waals surface area contributed by atoms with E-state index in [0.29, 0.717) is 45.3 Å². The molecule has 7 heteroatoms. The average molecular weight is 392 g/mol. The summed E-state index contributed by atoms with van der Waals surface area (Å²) in [5, 5.41) is 2.48. The van der Waals surface area contributed by atoms with Crippen LogP contribution in [0.2, 0.25) is 0 Å². The number of aromatic nitrogens is 1. The monoisotopic (exact) mass is 392 g/mol. The number of hydrogen-bond donors (Lipinski definition) is 1. The Hall–Kier alpha value is -3.22. The summed E-state index contributed by atoms with van der Waals surface area (Å²) in [6.45, 7) is 1.33. The number of carbonyl (C=O) groups excluding carboxylic acids is 3. The van der Waals surface area contributed by atoms with Crippen molar-refractivity contribution in [1.29, 1.82) is 0 Å². The molecule has 1 aromatic heterocycles. The number of likely N-dealkylation sites (tertiary alicyclic amines) is 1. The van der Waals surface area contributed by atoms with E-state index in [1.807, 2.05) is 47.4 Å². The van der Waals surface area contributed by atoms with E-state index in [-0.39, 0.29) is 17.8 Å². The molecule has 150 valence electrons. The first kappa shape index (κ1) is 19.1. The Morgan fingerprint density at radius 1 is 1.00 bits per heavy atom. The zero-order valence-corrected chi connectivity index (χ0v) is 16.2. The lowest BCUT2D eigenvalue weighted by molar-refractivity contribution is -0.138. The second-order valence-corrected chi connectivity index (χ2v) is 7.60. The molecule has 2 aromatic rings. The first-order valence-corrected chi connectivity index (χ1v) is 9.92. The quantitative estimate of drug-likeness (QED) is 0.791. The molecule has 0 bridgehead atoms. The first-order valence-electron chi connectivity index (χ1n) is 9.92. The number of nitrogens with one attached hydrogen (secondary N) is 1. The number of piperidine rings is 1. The van der Waals surface area contributed by atoms with Crippen molar-refractivity contribution in [1.82, 2.24) is 20.1 Å². The van der Waals surface area contributed by atoms with E-state index in [1.165, 1.54) is 0 Å². The number of amides is 4. The van der Waals surface area contributed by atoms with Crippen molar-refractivity contribution < 1.29 is 14.4 Å². The number of rotatable bonds is 5. The lowest BCUT2D eigenvalue weighted by atomic mass is 9.85. The number of benzene rings is 1. The zero-order valence-electron chi connectivity index (χ0n) is 16.2. The number of nitrogens with zero attached hydrogens (tertiary/aromatic N) is 3. The van der Waals surface area contributed by atoms with Crippen molar-refractivity contribution in [2.45, 2.75) is 37.8 Å². The zero-order chi connectivity index (χ0) is 20.3. The second-order valence-electron chi connectivity index (χ2n) is 7.60. The summed E-state index contributed by atoms with van der Waals surface area (Å²) < 4.78 is 0. The van der Waals surface area contributed by atoms with Crippen LogP contribution in [0.3, 0.4) is 0 Å². The Balaban J connectivity index is 1.40. The summed E-state index contributed by atoms with van der Waals surface area (Å²) in [7, 11) is 0. The number of carbonyl (C=O) groups is 3. The molecule has 29 heavy (non-hydrogen) atoms. The predicted molar refractivity (Wildman–Crippen MR) is 107 cm³/mol. The Morgan fingerprint density at radius 2 is 1.69 bits per heavy atom. The van der Waals surface area contributed by atoms with Gasteiger partial charge in [-0.3, -0.25) is 19.9 Å². The maximum atomic E-state index is 12.7. The van der Waals surface area contributed by atoms with Crippen LogP contribution in [-0.2, 0) is 22.6 Å². The summed E-state index contributed by atoms with van der Waals surface area (Å²) in [5.41, 5.74) is 1.19. The Kier molecular flexibility index (Phi) is 5.29. The van der Waals surface area contributed by atoms with Gasteiger partial charge < -0.3 is 9.80 Å². The summed E-state index contributed by atoms with van der Waals surface area (Å²) in [4.78, 5) is 45.2. The van der Waals surface area contributed by atoms with Gasteiger partial charge in [0.05, 0.1) is 0 Å². The van der Waals surface area contributed by atoms with Crippen molar-refractivity contribution in [3.8, 4) is 0 Å². The molecule has 0 aliphatic carbocycles. The third kappa shape index (κ3) is 3.85. The van der Waals surface area contributed by atoms with Crippen LogP contribution in [0.25, 0.3) is 0 Å². The third-order valence-corrected chi connectivity index (χ3v) is 5.91. The van der Waals surface area contributed by atoms with Gasteiger partial charge in [0.1, 0.15) is 5.54 Å². The molecule has 1 aromatic carbocycles. The Morgan fingerprint density at radius 3 is 2.38 bits per heavy atom. The summed E-state index contributed by atoms with van der Waals surface area (Å²) in [6, 6.07) is 13.1. The van der Waals surface area contributed by atoms with Crippen LogP contribution in [0.1, 0.15) is 30.4 Å². The molecular weight excluding hydrogens is 368 g/mol. The van der Waals surface area contributed by atoms with Crippen LogP contribution in [0.4, 0.5) is 4.79 Å². The molecule has 1 spiro atoms. The average Bonchev–Trinajstić information content (AvgIpc) is 2.98. The maximum absolute atomic E-state index is 12.7. The van der Waals surface area contributed by atoms with Gasteiger partial charge in [0.25, 0.3) is 5.91 Å². The van der Waals surface area contributed by atoms with Gasteiger partial charge >= 0.3 is 6.03 Å². The normalized spacial score (nSPS) is 18.2. The number of pyridine rings is 1. The molecule has 2 fully saturated rings. The lowest BCUT2D eigenvalue weighted by Gasteiger charge is -2.42. The van der Waals surface area contributed by atoms with Crippen molar-refractivity contribution in [2.24, 2.45) is 0 Å². The van der Waals surface area contributed by atoms with Gasteiger partial charge in [-0.15, -0.1) is 0 Å². The van der Waals surface area contributed by atoms with E-state index in [2.05, 4.69) is 10.3 Å². The predicted octanol–water partition coefficient (Wildman–Crippen LogP) is 2.13. The minimum absolute atomic E-state index is 0.0796. The van der Waals surface area contributed by atoms with Crippen molar-refractivity contribution in [3.63, 3.8) is 0 Å². The summed E-state index contributed by atoms with van der Waals surface area (Å²) in [5.74, 6) is -0.168. The van der Waals surface area contributed by atoms with E-state index in [0.717, 1.165) is 11.1 Å². The van der Waals surface area contributed by atoms with Crippen LogP contribution in [-0.4, -0.2) is 51.3 Å². The smallest absolute Gasteiger partial charge is 0.325 e. The van der Waals surface area contributed by atoms with Crippen molar-refractivity contribution >= 4 is 17.8 Å². The molecule has 0 atom stereocenters. The molecule has 2 aliphatic rings. The third-order valence-electron chi connectivity index (χ3n) is 5.91. The van der Waals surface area contributed by atoms with E-state index in [4.69, 9.17) is 0 Å². The number of urea groups is 1. The van der Waals surface area contributed by atoms with E-state index < -0.39 is 5.54 Å². The first-order chi connectivity index (χ1) is 14.1. The van der Waals surface area contributed by atoms with Gasteiger partial charge in [-0.25, -0.2) is 4.79 Å². The lowest BCUT2D eigenvalue weighted by Crippen LogP contribution is -2.57. The highest BCUT2D eigenvalue weighted by Gasteiger charge is 2.54. The van der Waals surface area contributed by atoms with E-state index >= 15 is 0 Å². The van der Waals surface area contributed by atoms with Crippen LogP contribution in [0.5, 0.6) is 0 Å². The Bertz CT molecular complexity index is 893. The van der Waals surface area contributed by atoms with Gasteiger partial charge in [-0.2, -0.15) is 0 Å². The van der Waals surface area contributed by atoms with Gasteiger partial charge in [-0.05, 0) is 42.5 Å². The molecule has 2 aliphatic heterocycles. The number of aryl methyl sites for hydroxylation is 1. The standard InChI is InChI=1S/C22H24N4O3/c27-19(7-6-17-8-12-23-13-9-17)25-14-10-22(11-15-25)20(28)24-21(29)26(22)16-18-4-2-1-3-5-18/h1-5,8-9,12-13H,6-7,10-11,14-16H2,(H,24,28,29). The molecule has 0 saturated carbocycles. The highest BCUT2D eigenvalue weighted by Crippen LogP contribution is 2.34. The largest absolute Gasteiger partial charge is 0.342 e. The molecule has 0 unspecified atom stereocenters. The fraction of sp³-hybridized carbons (Fsp3) is 0.364. The van der Waals surface area contributed by atoms with Crippen LogP contribution in [0, 0.1) is 0 Å². The van der Waals surface area contributed by atoms with Crippen molar-refractivity contribution in [2.75, 3.05) is 13.1 Å². The van der Waals surface area contributed by atoms with E-state index in [9.17, 15) is 14.4 Å². The van der Waals surface area contributed by atoms with Crippen LogP contribution < -0.4 is 5.32 Å². The minimum atomic E-state index is -0.866. The number of imide groups is 1. The van der Waals surface area contributed by atoms with E-state index in [1.54, 1.807) is 17.3 Å². The molecule has 7 nitrogen and oxygen atoms in total. The van der Waals surface area contributed by atoms with Gasteiger partial charge in [0.2, 0.25) is 5.91 Å².